The van der Waals surface area contributed by atoms with Crippen LogP contribution in [0, 0.1) is 0 Å². The van der Waals surface area contributed by atoms with Gasteiger partial charge in [0, 0.05) is 44.4 Å². The van der Waals surface area contributed by atoms with Gasteiger partial charge in [0.25, 0.3) is 0 Å². The Morgan fingerprint density at radius 3 is 2.57 bits per heavy atom. The van der Waals surface area contributed by atoms with Crippen molar-refractivity contribution in [2.75, 3.05) is 45.9 Å². The highest BCUT2D eigenvalue weighted by Crippen LogP contribution is 2.12. The van der Waals surface area contributed by atoms with Crippen LogP contribution in [0.4, 0.5) is 0 Å². The fraction of sp³-hybridized carbons (Fsp3) is 0.938. The maximum Gasteiger partial charge on any atom is 0.234 e. The molecule has 0 aliphatic carbocycles. The molecule has 0 saturated carbocycles. The summed E-state index contributed by atoms with van der Waals surface area (Å²) in [6, 6.07) is 0.529. The summed E-state index contributed by atoms with van der Waals surface area (Å²) in [4.78, 5) is 16.8. The maximum atomic E-state index is 12.0. The third-order valence-corrected chi connectivity index (χ3v) is 3.77. The van der Waals surface area contributed by atoms with E-state index in [1.807, 2.05) is 27.7 Å². The van der Waals surface area contributed by atoms with Crippen LogP contribution < -0.4 is 5.32 Å². The summed E-state index contributed by atoms with van der Waals surface area (Å²) in [7, 11) is 0. The lowest BCUT2D eigenvalue weighted by Gasteiger charge is -2.41. The Morgan fingerprint density at radius 2 is 2.00 bits per heavy atom. The summed E-state index contributed by atoms with van der Waals surface area (Å²) in [5.41, 5.74) is -0.152. The van der Waals surface area contributed by atoms with Crippen molar-refractivity contribution >= 4 is 5.91 Å². The molecule has 0 aromatic rings. The van der Waals surface area contributed by atoms with Crippen LogP contribution >= 0.6 is 0 Å². The molecule has 1 rings (SSSR count). The van der Waals surface area contributed by atoms with Crippen molar-refractivity contribution in [1.82, 2.24) is 15.1 Å². The molecule has 124 valence electrons. The summed E-state index contributed by atoms with van der Waals surface area (Å²) >= 11 is 0. The lowest BCUT2D eigenvalue weighted by Crippen LogP contribution is -2.56. The number of carbonyl (C=O) groups excluding carboxylic acids is 1. The molecule has 1 unspecified atom stereocenters. The average molecular weight is 299 g/mol. The van der Waals surface area contributed by atoms with Gasteiger partial charge in [-0.3, -0.25) is 14.6 Å². The minimum atomic E-state index is -0.152. The van der Waals surface area contributed by atoms with Crippen LogP contribution in [0.15, 0.2) is 0 Å². The van der Waals surface area contributed by atoms with Crippen molar-refractivity contribution in [3.05, 3.63) is 0 Å². The summed E-state index contributed by atoms with van der Waals surface area (Å²) in [5, 5.41) is 3.04. The molecule has 1 N–H and O–H groups in total. The largest absolute Gasteiger partial charge is 0.380 e. The fourth-order valence-electron chi connectivity index (χ4n) is 2.77. The molecule has 5 nitrogen and oxygen atoms in total. The van der Waals surface area contributed by atoms with E-state index in [1.165, 1.54) is 0 Å². The van der Waals surface area contributed by atoms with Gasteiger partial charge in [-0.1, -0.05) is 6.92 Å². The van der Waals surface area contributed by atoms with E-state index in [9.17, 15) is 4.79 Å². The molecule has 1 aliphatic heterocycles. The van der Waals surface area contributed by atoms with Gasteiger partial charge in [-0.25, -0.2) is 0 Å². The molecule has 1 amide bonds. The molecule has 0 aromatic carbocycles. The first-order valence-corrected chi connectivity index (χ1v) is 8.21. The van der Waals surface area contributed by atoms with E-state index in [4.69, 9.17) is 4.74 Å². The SMILES string of the molecule is CCOCCN1CCN(CC(=O)NC(C)(C)C)CC1CC. The minimum Gasteiger partial charge on any atom is -0.380 e. The van der Waals surface area contributed by atoms with Crippen molar-refractivity contribution in [3.63, 3.8) is 0 Å². The molecule has 21 heavy (non-hydrogen) atoms. The van der Waals surface area contributed by atoms with Gasteiger partial charge in [0.2, 0.25) is 5.91 Å². The second kappa shape index (κ2) is 8.71. The fourth-order valence-corrected chi connectivity index (χ4v) is 2.77. The topological polar surface area (TPSA) is 44.8 Å². The Morgan fingerprint density at radius 1 is 1.29 bits per heavy atom. The number of carbonyl (C=O) groups is 1. The number of ether oxygens (including phenoxy) is 1. The molecule has 1 heterocycles. The van der Waals surface area contributed by atoms with Gasteiger partial charge in [0.05, 0.1) is 13.2 Å². The zero-order valence-corrected chi connectivity index (χ0v) is 14.4. The summed E-state index contributed by atoms with van der Waals surface area (Å²) in [5.74, 6) is 0.125. The highest BCUT2D eigenvalue weighted by molar-refractivity contribution is 5.78. The quantitative estimate of drug-likeness (QED) is 0.721. The minimum absolute atomic E-state index is 0.125. The lowest BCUT2D eigenvalue weighted by atomic mass is 10.1. The summed E-state index contributed by atoms with van der Waals surface area (Å²) in [6.07, 6.45) is 1.11. The van der Waals surface area contributed by atoms with E-state index in [0.717, 1.165) is 45.8 Å². The molecule has 1 atom stereocenters. The number of hydrogen-bond donors (Lipinski definition) is 1. The van der Waals surface area contributed by atoms with Crippen LogP contribution in [-0.2, 0) is 9.53 Å². The molecule has 1 aliphatic rings. The standard InChI is InChI=1S/C16H33N3O2/c1-6-14-12-18(13-15(20)17-16(3,4)5)8-9-19(14)10-11-21-7-2/h14H,6-13H2,1-5H3,(H,17,20). The molecular weight excluding hydrogens is 266 g/mol. The van der Waals surface area contributed by atoms with E-state index < -0.39 is 0 Å². The molecule has 0 spiro atoms. The molecule has 0 radical (unpaired) electrons. The summed E-state index contributed by atoms with van der Waals surface area (Å²) < 4.78 is 5.46. The lowest BCUT2D eigenvalue weighted by molar-refractivity contribution is -0.124. The van der Waals surface area contributed by atoms with Crippen LogP contribution in [0.2, 0.25) is 0 Å². The predicted molar refractivity (Wildman–Crippen MR) is 86.5 cm³/mol. The first kappa shape index (κ1) is 18.4. The van der Waals surface area contributed by atoms with Gasteiger partial charge in [0.15, 0.2) is 0 Å². The van der Waals surface area contributed by atoms with E-state index in [2.05, 4.69) is 22.0 Å². The Hall–Kier alpha value is -0.650. The normalized spacial score (nSPS) is 21.5. The first-order valence-electron chi connectivity index (χ1n) is 8.21. The zero-order chi connectivity index (χ0) is 15.9. The summed E-state index contributed by atoms with van der Waals surface area (Å²) in [6.45, 7) is 16.3. The molecule has 0 bridgehead atoms. The third-order valence-electron chi connectivity index (χ3n) is 3.77. The number of amides is 1. The zero-order valence-electron chi connectivity index (χ0n) is 14.4. The first-order chi connectivity index (χ1) is 9.85. The van der Waals surface area contributed by atoms with Crippen LogP contribution in [0.25, 0.3) is 0 Å². The highest BCUT2D eigenvalue weighted by atomic mass is 16.5. The third kappa shape index (κ3) is 7.25. The number of nitrogens with zero attached hydrogens (tertiary/aromatic N) is 2. The van der Waals surface area contributed by atoms with Crippen molar-refractivity contribution < 1.29 is 9.53 Å². The molecule has 0 aromatic heterocycles. The average Bonchev–Trinajstić information content (AvgIpc) is 2.38. The van der Waals surface area contributed by atoms with Gasteiger partial charge >= 0.3 is 0 Å². The number of hydrogen-bond acceptors (Lipinski definition) is 4. The van der Waals surface area contributed by atoms with Crippen molar-refractivity contribution in [1.29, 1.82) is 0 Å². The van der Waals surface area contributed by atoms with Crippen molar-refractivity contribution in [2.45, 2.75) is 52.6 Å². The molecule has 1 fully saturated rings. The Kier molecular flexibility index (Phi) is 7.63. The van der Waals surface area contributed by atoms with Crippen molar-refractivity contribution in [2.24, 2.45) is 0 Å². The van der Waals surface area contributed by atoms with Crippen LogP contribution in [0.3, 0.4) is 0 Å². The number of rotatable bonds is 7. The smallest absolute Gasteiger partial charge is 0.234 e. The Balaban J connectivity index is 2.39. The van der Waals surface area contributed by atoms with E-state index >= 15 is 0 Å². The van der Waals surface area contributed by atoms with Crippen LogP contribution in [-0.4, -0.2) is 73.2 Å². The van der Waals surface area contributed by atoms with Gasteiger partial charge < -0.3 is 10.1 Å². The maximum absolute atomic E-state index is 12.0. The second-order valence-electron chi connectivity index (χ2n) is 6.83. The van der Waals surface area contributed by atoms with Gasteiger partial charge in [-0.15, -0.1) is 0 Å². The van der Waals surface area contributed by atoms with E-state index in [0.29, 0.717) is 12.6 Å². The number of nitrogens with one attached hydrogen (secondary N) is 1. The van der Waals surface area contributed by atoms with Crippen LogP contribution in [0.1, 0.15) is 41.0 Å². The molecule has 5 heteroatoms. The van der Waals surface area contributed by atoms with Gasteiger partial charge in [-0.2, -0.15) is 0 Å². The molecular formula is C16H33N3O2. The highest BCUT2D eigenvalue weighted by Gasteiger charge is 2.27. The monoisotopic (exact) mass is 299 g/mol. The predicted octanol–water partition coefficient (Wildman–Crippen LogP) is 1.33. The van der Waals surface area contributed by atoms with Crippen molar-refractivity contribution in [3.8, 4) is 0 Å². The van der Waals surface area contributed by atoms with Gasteiger partial charge in [-0.05, 0) is 34.1 Å². The van der Waals surface area contributed by atoms with E-state index in [-0.39, 0.29) is 11.4 Å². The Labute approximate surface area is 130 Å². The number of piperazine rings is 1. The van der Waals surface area contributed by atoms with Crippen LogP contribution in [0.5, 0.6) is 0 Å². The second-order valence-corrected chi connectivity index (χ2v) is 6.83. The molecule has 1 saturated heterocycles. The van der Waals surface area contributed by atoms with E-state index in [1.54, 1.807) is 0 Å². The Bertz CT molecular complexity index is 315. The van der Waals surface area contributed by atoms with Gasteiger partial charge in [0.1, 0.15) is 0 Å².